The predicted octanol–water partition coefficient (Wildman–Crippen LogP) is 0.239. The highest BCUT2D eigenvalue weighted by Gasteiger charge is 2.16. The molecule has 0 aliphatic rings. The molecule has 0 radical (unpaired) electrons. The molecule has 0 spiro atoms. The van der Waals surface area contributed by atoms with Crippen LogP contribution in [0.3, 0.4) is 0 Å². The van der Waals surface area contributed by atoms with Crippen LogP contribution in [0.4, 0.5) is 0 Å². The van der Waals surface area contributed by atoms with E-state index < -0.39 is 18.7 Å². The van der Waals surface area contributed by atoms with Crippen molar-refractivity contribution in [2.45, 2.75) is 25.9 Å². The molecule has 0 aromatic carbocycles. The van der Waals surface area contributed by atoms with Crippen molar-refractivity contribution in [2.24, 2.45) is 0 Å². The van der Waals surface area contributed by atoms with Gasteiger partial charge in [-0.1, -0.05) is 19.9 Å². The number of ether oxygens (including phenoxy) is 1. The molecule has 0 amide bonds. The Morgan fingerprint density at radius 1 is 1.62 bits per heavy atom. The van der Waals surface area contributed by atoms with E-state index in [1.807, 2.05) is 6.92 Å². The first kappa shape index (κ1) is 12.1. The van der Waals surface area contributed by atoms with Crippen LogP contribution in [0.2, 0.25) is 0 Å². The number of esters is 1. The zero-order chi connectivity index (χ0) is 10.3. The summed E-state index contributed by atoms with van der Waals surface area (Å²) in [5, 5.41) is 17.5. The normalized spacial score (nSPS) is 12.2. The van der Waals surface area contributed by atoms with Crippen molar-refractivity contribution in [2.75, 3.05) is 13.2 Å². The maximum Gasteiger partial charge on any atom is 0.336 e. The molecular weight excluding hydrogens is 172 g/mol. The first-order valence-electron chi connectivity index (χ1n) is 4.28. The second-order valence-electron chi connectivity index (χ2n) is 2.71. The molecule has 1 unspecified atom stereocenters. The molecule has 0 heterocycles. The van der Waals surface area contributed by atoms with E-state index in [4.69, 9.17) is 14.9 Å². The molecule has 0 aromatic rings. The van der Waals surface area contributed by atoms with Crippen LogP contribution in [-0.4, -0.2) is 35.5 Å². The fourth-order valence-electron chi connectivity index (χ4n) is 0.648. The van der Waals surface area contributed by atoms with Crippen LogP contribution in [0.25, 0.3) is 0 Å². The number of hydrogen-bond donors (Lipinski definition) is 2. The second kappa shape index (κ2) is 6.62. The van der Waals surface area contributed by atoms with E-state index in [1.54, 1.807) is 0 Å². The lowest BCUT2D eigenvalue weighted by atomic mass is 10.2. The first-order valence-corrected chi connectivity index (χ1v) is 4.28. The van der Waals surface area contributed by atoms with Crippen LogP contribution in [0.1, 0.15) is 19.8 Å². The first-order chi connectivity index (χ1) is 6.13. The van der Waals surface area contributed by atoms with Crippen molar-refractivity contribution in [1.82, 2.24) is 0 Å². The summed E-state index contributed by atoms with van der Waals surface area (Å²) < 4.78 is 4.76. The highest BCUT2D eigenvalue weighted by Crippen LogP contribution is 2.02. The van der Waals surface area contributed by atoms with Gasteiger partial charge in [0.15, 0.2) is 0 Å². The minimum atomic E-state index is -1.21. The smallest absolute Gasteiger partial charge is 0.336 e. The van der Waals surface area contributed by atoms with E-state index in [0.29, 0.717) is 6.61 Å². The highest BCUT2D eigenvalue weighted by molar-refractivity contribution is 5.88. The van der Waals surface area contributed by atoms with E-state index in [0.717, 1.165) is 12.8 Å². The van der Waals surface area contributed by atoms with Gasteiger partial charge in [-0.2, -0.15) is 0 Å². The third-order valence-corrected chi connectivity index (χ3v) is 1.57. The monoisotopic (exact) mass is 188 g/mol. The maximum atomic E-state index is 11.0. The van der Waals surface area contributed by atoms with Crippen LogP contribution in [0.15, 0.2) is 12.2 Å². The molecule has 4 heteroatoms. The fraction of sp³-hybridized carbons (Fsp3) is 0.667. The topological polar surface area (TPSA) is 66.8 Å². The summed E-state index contributed by atoms with van der Waals surface area (Å²) in [6, 6.07) is 0. The molecule has 1 atom stereocenters. The minimum Gasteiger partial charge on any atom is -0.462 e. The van der Waals surface area contributed by atoms with Gasteiger partial charge in [-0.05, 0) is 6.42 Å². The summed E-state index contributed by atoms with van der Waals surface area (Å²) in [7, 11) is 0. The molecular formula is C9H16O4. The van der Waals surface area contributed by atoms with Crippen LogP contribution in [-0.2, 0) is 9.53 Å². The standard InChI is InChI=1S/C9H16O4/c1-3-4-5-13-9(12)7(2)8(11)6-10/h8,10-11H,2-6H2,1H3. The predicted molar refractivity (Wildman–Crippen MR) is 48.1 cm³/mol. The number of carbonyl (C=O) groups is 1. The van der Waals surface area contributed by atoms with Gasteiger partial charge in [0.05, 0.1) is 18.8 Å². The van der Waals surface area contributed by atoms with Crippen molar-refractivity contribution >= 4 is 5.97 Å². The quantitative estimate of drug-likeness (QED) is 0.356. The molecule has 0 rings (SSSR count). The van der Waals surface area contributed by atoms with Crippen molar-refractivity contribution in [3.63, 3.8) is 0 Å². The zero-order valence-corrected chi connectivity index (χ0v) is 7.82. The molecule has 4 nitrogen and oxygen atoms in total. The number of aliphatic hydroxyl groups excluding tert-OH is 2. The van der Waals surface area contributed by atoms with E-state index >= 15 is 0 Å². The molecule has 2 N–H and O–H groups in total. The average molecular weight is 188 g/mol. The highest BCUT2D eigenvalue weighted by atomic mass is 16.5. The summed E-state index contributed by atoms with van der Waals surface area (Å²) >= 11 is 0. The van der Waals surface area contributed by atoms with Crippen molar-refractivity contribution in [1.29, 1.82) is 0 Å². The lowest BCUT2D eigenvalue weighted by molar-refractivity contribution is -0.140. The SMILES string of the molecule is C=C(C(=O)OCCCC)C(O)CO. The van der Waals surface area contributed by atoms with Gasteiger partial charge in [0.2, 0.25) is 0 Å². The van der Waals surface area contributed by atoms with Gasteiger partial charge in [0, 0.05) is 0 Å². The Bertz CT molecular complexity index is 176. The minimum absolute atomic E-state index is 0.0985. The maximum absolute atomic E-state index is 11.0. The Morgan fingerprint density at radius 3 is 2.69 bits per heavy atom. The van der Waals surface area contributed by atoms with Gasteiger partial charge in [0.25, 0.3) is 0 Å². The molecule has 0 fully saturated rings. The van der Waals surface area contributed by atoms with Crippen molar-refractivity contribution < 1.29 is 19.7 Å². The fourth-order valence-corrected chi connectivity index (χ4v) is 0.648. The van der Waals surface area contributed by atoms with Gasteiger partial charge in [-0.25, -0.2) is 4.79 Å². The molecule has 13 heavy (non-hydrogen) atoms. The summed E-state index contributed by atoms with van der Waals surface area (Å²) in [6.45, 7) is 5.11. The number of unbranched alkanes of at least 4 members (excludes halogenated alkanes) is 1. The molecule has 0 saturated carbocycles. The molecule has 76 valence electrons. The largest absolute Gasteiger partial charge is 0.462 e. The van der Waals surface area contributed by atoms with Crippen molar-refractivity contribution in [3.8, 4) is 0 Å². The second-order valence-corrected chi connectivity index (χ2v) is 2.71. The number of rotatable bonds is 6. The third kappa shape index (κ3) is 4.65. The van der Waals surface area contributed by atoms with Gasteiger partial charge in [-0.3, -0.25) is 0 Å². The van der Waals surface area contributed by atoms with Gasteiger partial charge in [-0.15, -0.1) is 0 Å². The van der Waals surface area contributed by atoms with Gasteiger partial charge < -0.3 is 14.9 Å². The summed E-state index contributed by atoms with van der Waals surface area (Å²) in [4.78, 5) is 11.0. The van der Waals surface area contributed by atoms with Gasteiger partial charge >= 0.3 is 5.97 Å². The zero-order valence-electron chi connectivity index (χ0n) is 7.82. The van der Waals surface area contributed by atoms with Crippen LogP contribution < -0.4 is 0 Å². The molecule has 0 aliphatic carbocycles. The Labute approximate surface area is 77.8 Å². The van der Waals surface area contributed by atoms with E-state index in [9.17, 15) is 4.79 Å². The van der Waals surface area contributed by atoms with Crippen LogP contribution in [0.5, 0.6) is 0 Å². The molecule has 0 aromatic heterocycles. The third-order valence-electron chi connectivity index (χ3n) is 1.57. The van der Waals surface area contributed by atoms with E-state index in [2.05, 4.69) is 6.58 Å². The lowest BCUT2D eigenvalue weighted by Crippen LogP contribution is -2.22. The Balaban J connectivity index is 3.76. The number of aliphatic hydroxyl groups is 2. The molecule has 0 aliphatic heterocycles. The molecule has 0 saturated heterocycles. The summed E-state index contributed by atoms with van der Waals surface area (Å²) in [6.07, 6.45) is 0.505. The van der Waals surface area contributed by atoms with E-state index in [1.165, 1.54) is 0 Å². The lowest BCUT2D eigenvalue weighted by Gasteiger charge is -2.09. The summed E-state index contributed by atoms with van der Waals surface area (Å²) in [5.74, 6) is -0.644. The number of hydrogen-bond acceptors (Lipinski definition) is 4. The Morgan fingerprint density at radius 2 is 2.23 bits per heavy atom. The number of carbonyl (C=O) groups excluding carboxylic acids is 1. The Kier molecular flexibility index (Phi) is 6.18. The van der Waals surface area contributed by atoms with Gasteiger partial charge in [0.1, 0.15) is 6.10 Å². The Hall–Kier alpha value is -0.870. The van der Waals surface area contributed by atoms with E-state index in [-0.39, 0.29) is 5.57 Å². The average Bonchev–Trinajstić information content (AvgIpc) is 2.15. The van der Waals surface area contributed by atoms with Crippen LogP contribution in [0, 0.1) is 0 Å². The molecule has 0 bridgehead atoms. The van der Waals surface area contributed by atoms with Crippen molar-refractivity contribution in [3.05, 3.63) is 12.2 Å². The summed E-state index contributed by atoms with van der Waals surface area (Å²) in [5.41, 5.74) is -0.0985. The van der Waals surface area contributed by atoms with Crippen LogP contribution >= 0.6 is 0 Å².